The van der Waals surface area contributed by atoms with Crippen LogP contribution in [0.3, 0.4) is 0 Å². The zero-order chi connectivity index (χ0) is 22.5. The standard InChI is InChI=1S/C25H27FN4O2/c1-3-5-23-28-16-19(18-9-11-27-12-10-18)25(29-23)21-6-4-13-30(21)24(31)15-17-7-8-22(32-2)20(26)14-17/h7-12,14,16,21H,3-6,13,15H2,1-2H3. The number of aromatic nitrogens is 3. The number of ether oxygens (including phenoxy) is 1. The second-order valence-electron chi connectivity index (χ2n) is 7.96. The summed E-state index contributed by atoms with van der Waals surface area (Å²) in [6, 6.07) is 8.40. The molecule has 1 unspecified atom stereocenters. The van der Waals surface area contributed by atoms with Crippen molar-refractivity contribution >= 4 is 5.91 Å². The minimum Gasteiger partial charge on any atom is -0.494 e. The smallest absolute Gasteiger partial charge is 0.227 e. The van der Waals surface area contributed by atoms with Crippen molar-refractivity contribution in [3.8, 4) is 16.9 Å². The highest BCUT2D eigenvalue weighted by Crippen LogP contribution is 2.37. The number of carbonyl (C=O) groups is 1. The molecule has 3 heterocycles. The van der Waals surface area contributed by atoms with E-state index in [1.165, 1.54) is 13.2 Å². The van der Waals surface area contributed by atoms with Gasteiger partial charge < -0.3 is 9.64 Å². The zero-order valence-corrected chi connectivity index (χ0v) is 18.4. The van der Waals surface area contributed by atoms with Gasteiger partial charge >= 0.3 is 0 Å². The lowest BCUT2D eigenvalue weighted by atomic mass is 10.00. The van der Waals surface area contributed by atoms with Crippen LogP contribution in [0.25, 0.3) is 11.1 Å². The molecule has 6 nitrogen and oxygen atoms in total. The van der Waals surface area contributed by atoms with Gasteiger partial charge in [0.25, 0.3) is 0 Å². The van der Waals surface area contributed by atoms with Crippen LogP contribution in [-0.2, 0) is 17.6 Å². The van der Waals surface area contributed by atoms with E-state index in [1.807, 2.05) is 23.2 Å². The second kappa shape index (κ2) is 9.85. The minimum atomic E-state index is -0.462. The first-order chi connectivity index (χ1) is 15.6. The maximum absolute atomic E-state index is 14.1. The van der Waals surface area contributed by atoms with Gasteiger partial charge in [-0.05, 0) is 54.7 Å². The number of hydrogen-bond acceptors (Lipinski definition) is 5. The van der Waals surface area contributed by atoms with Gasteiger partial charge in [0.05, 0.1) is 25.3 Å². The lowest BCUT2D eigenvalue weighted by Crippen LogP contribution is -2.32. The molecular weight excluding hydrogens is 407 g/mol. The lowest BCUT2D eigenvalue weighted by Gasteiger charge is -2.26. The quantitative estimate of drug-likeness (QED) is 0.546. The Kier molecular flexibility index (Phi) is 6.73. The molecule has 2 aromatic heterocycles. The largest absolute Gasteiger partial charge is 0.494 e. The molecule has 32 heavy (non-hydrogen) atoms. The Morgan fingerprint density at radius 3 is 2.78 bits per heavy atom. The molecule has 1 atom stereocenters. The molecule has 1 amide bonds. The highest BCUT2D eigenvalue weighted by atomic mass is 19.1. The van der Waals surface area contributed by atoms with E-state index in [4.69, 9.17) is 9.72 Å². The van der Waals surface area contributed by atoms with Gasteiger partial charge in [0.1, 0.15) is 5.82 Å². The average molecular weight is 435 g/mol. The van der Waals surface area contributed by atoms with Crippen molar-refractivity contribution in [3.05, 3.63) is 71.8 Å². The Morgan fingerprint density at radius 1 is 1.25 bits per heavy atom. The summed E-state index contributed by atoms with van der Waals surface area (Å²) in [5, 5.41) is 0. The molecule has 0 bridgehead atoms. The molecule has 166 valence electrons. The molecule has 0 saturated carbocycles. The van der Waals surface area contributed by atoms with E-state index < -0.39 is 5.82 Å². The molecule has 1 aromatic carbocycles. The summed E-state index contributed by atoms with van der Waals surface area (Å²) >= 11 is 0. The Labute approximate surface area is 187 Å². The summed E-state index contributed by atoms with van der Waals surface area (Å²) < 4.78 is 19.1. The van der Waals surface area contributed by atoms with Crippen LogP contribution in [0.15, 0.2) is 48.9 Å². The first-order valence-electron chi connectivity index (χ1n) is 11.0. The topological polar surface area (TPSA) is 68.2 Å². The van der Waals surface area contributed by atoms with Gasteiger partial charge in [0.15, 0.2) is 11.6 Å². The van der Waals surface area contributed by atoms with Crippen molar-refractivity contribution in [2.45, 2.75) is 45.1 Å². The number of rotatable bonds is 7. The van der Waals surface area contributed by atoms with Gasteiger partial charge in [-0.25, -0.2) is 14.4 Å². The maximum atomic E-state index is 14.1. The first kappa shape index (κ1) is 21.9. The summed E-state index contributed by atoms with van der Waals surface area (Å²) in [4.78, 5) is 28.7. The molecule has 7 heteroatoms. The summed E-state index contributed by atoms with van der Waals surface area (Å²) in [5.41, 5.74) is 3.41. The van der Waals surface area contributed by atoms with E-state index in [0.29, 0.717) is 12.1 Å². The van der Waals surface area contributed by atoms with Crippen molar-refractivity contribution in [2.75, 3.05) is 13.7 Å². The fourth-order valence-corrected chi connectivity index (χ4v) is 4.23. The third-order valence-electron chi connectivity index (χ3n) is 5.79. The number of carbonyl (C=O) groups excluding carboxylic acids is 1. The van der Waals surface area contributed by atoms with E-state index in [-0.39, 0.29) is 24.1 Å². The van der Waals surface area contributed by atoms with Crippen molar-refractivity contribution in [3.63, 3.8) is 0 Å². The average Bonchev–Trinajstić information content (AvgIpc) is 3.30. The third-order valence-corrected chi connectivity index (χ3v) is 5.79. The number of aryl methyl sites for hydroxylation is 1. The normalized spacial score (nSPS) is 15.7. The van der Waals surface area contributed by atoms with E-state index in [9.17, 15) is 9.18 Å². The molecule has 1 saturated heterocycles. The predicted octanol–water partition coefficient (Wildman–Crippen LogP) is 4.55. The van der Waals surface area contributed by atoms with Crippen molar-refractivity contribution in [1.82, 2.24) is 19.9 Å². The van der Waals surface area contributed by atoms with Gasteiger partial charge in [0, 0.05) is 37.1 Å². The van der Waals surface area contributed by atoms with Crippen molar-refractivity contribution in [1.29, 1.82) is 0 Å². The number of amides is 1. The van der Waals surface area contributed by atoms with Crippen LogP contribution in [-0.4, -0.2) is 39.4 Å². The fraction of sp³-hybridized carbons (Fsp3) is 0.360. The van der Waals surface area contributed by atoms with Crippen LogP contribution in [0.4, 0.5) is 4.39 Å². The van der Waals surface area contributed by atoms with Crippen LogP contribution >= 0.6 is 0 Å². The molecule has 1 aliphatic rings. The number of nitrogens with zero attached hydrogens (tertiary/aromatic N) is 4. The number of benzene rings is 1. The summed E-state index contributed by atoms with van der Waals surface area (Å²) in [6.07, 6.45) is 8.96. The monoisotopic (exact) mass is 434 g/mol. The SMILES string of the molecule is CCCc1ncc(-c2ccncc2)c(C2CCCN2C(=O)Cc2ccc(OC)c(F)c2)n1. The predicted molar refractivity (Wildman–Crippen MR) is 120 cm³/mol. The number of pyridine rings is 1. The number of methoxy groups -OCH3 is 1. The van der Waals surface area contributed by atoms with E-state index in [0.717, 1.165) is 48.3 Å². The molecular formula is C25H27FN4O2. The molecule has 0 aliphatic carbocycles. The molecule has 0 spiro atoms. The number of halogens is 1. The van der Waals surface area contributed by atoms with Crippen LogP contribution < -0.4 is 4.74 Å². The summed E-state index contributed by atoms with van der Waals surface area (Å²) in [7, 11) is 1.42. The molecule has 0 N–H and O–H groups in total. The van der Waals surface area contributed by atoms with E-state index >= 15 is 0 Å². The first-order valence-corrected chi connectivity index (χ1v) is 11.0. The second-order valence-corrected chi connectivity index (χ2v) is 7.96. The Balaban J connectivity index is 1.64. The van der Waals surface area contributed by atoms with Gasteiger partial charge in [-0.3, -0.25) is 9.78 Å². The van der Waals surface area contributed by atoms with E-state index in [2.05, 4.69) is 16.9 Å². The van der Waals surface area contributed by atoms with Gasteiger partial charge in [0.2, 0.25) is 5.91 Å². The summed E-state index contributed by atoms with van der Waals surface area (Å²) in [5.74, 6) is 0.465. The molecule has 3 aromatic rings. The van der Waals surface area contributed by atoms with Gasteiger partial charge in [-0.15, -0.1) is 0 Å². The Hall–Kier alpha value is -3.35. The number of likely N-dealkylation sites (tertiary alicyclic amines) is 1. The lowest BCUT2D eigenvalue weighted by molar-refractivity contribution is -0.131. The van der Waals surface area contributed by atoms with Crippen LogP contribution in [0.2, 0.25) is 0 Å². The third kappa shape index (κ3) is 4.61. The van der Waals surface area contributed by atoms with Crippen LogP contribution in [0.1, 0.15) is 49.3 Å². The molecule has 1 fully saturated rings. The van der Waals surface area contributed by atoms with Gasteiger partial charge in [-0.1, -0.05) is 13.0 Å². The Morgan fingerprint density at radius 2 is 2.06 bits per heavy atom. The fourth-order valence-electron chi connectivity index (χ4n) is 4.23. The van der Waals surface area contributed by atoms with E-state index in [1.54, 1.807) is 24.5 Å². The molecule has 4 rings (SSSR count). The molecule has 1 aliphatic heterocycles. The van der Waals surface area contributed by atoms with Crippen LogP contribution in [0, 0.1) is 5.82 Å². The van der Waals surface area contributed by atoms with Crippen LogP contribution in [0.5, 0.6) is 5.75 Å². The van der Waals surface area contributed by atoms with Crippen molar-refractivity contribution < 1.29 is 13.9 Å². The summed E-state index contributed by atoms with van der Waals surface area (Å²) in [6.45, 7) is 2.75. The highest BCUT2D eigenvalue weighted by Gasteiger charge is 2.33. The van der Waals surface area contributed by atoms with Gasteiger partial charge in [-0.2, -0.15) is 0 Å². The maximum Gasteiger partial charge on any atom is 0.227 e. The highest BCUT2D eigenvalue weighted by molar-refractivity contribution is 5.80. The number of hydrogen-bond donors (Lipinski definition) is 0. The zero-order valence-electron chi connectivity index (χ0n) is 18.4. The van der Waals surface area contributed by atoms with Crippen molar-refractivity contribution in [2.24, 2.45) is 0 Å². The molecule has 0 radical (unpaired) electrons. The minimum absolute atomic E-state index is 0.0339. The Bertz CT molecular complexity index is 1090.